The van der Waals surface area contributed by atoms with E-state index in [1.54, 1.807) is 0 Å². The number of terminal acetylenes is 1. The molecule has 1 atom stereocenters. The molecule has 3 amide bonds. The van der Waals surface area contributed by atoms with Crippen molar-refractivity contribution >= 4 is 17.9 Å². The predicted molar refractivity (Wildman–Crippen MR) is 62.6 cm³/mol. The molecule has 0 radical (unpaired) electrons. The maximum atomic E-state index is 11.8. The molecule has 3 N–H and O–H groups in total. The molecule has 0 aromatic heterocycles. The molecule has 0 saturated carbocycles. The molecular weight excluding hydrogens is 238 g/mol. The number of hydrogen-bond acceptors (Lipinski definition) is 3. The molecule has 98 valence electrons. The molecule has 18 heavy (non-hydrogen) atoms. The van der Waals surface area contributed by atoms with Crippen LogP contribution >= 0.6 is 0 Å². The van der Waals surface area contributed by atoms with E-state index in [4.69, 9.17) is 11.5 Å². The topological polar surface area (TPSA) is 98.7 Å². The lowest BCUT2D eigenvalue weighted by Crippen LogP contribution is -2.49. The molecule has 1 heterocycles. The number of carbonyl (C=O) groups excluding carboxylic acids is 2. The highest BCUT2D eigenvalue weighted by molar-refractivity contribution is 5.87. The van der Waals surface area contributed by atoms with Crippen LogP contribution < -0.4 is 10.6 Å². The number of nitrogens with one attached hydrogen (secondary N) is 2. The molecule has 0 aliphatic carbocycles. The van der Waals surface area contributed by atoms with Crippen molar-refractivity contribution in [1.82, 2.24) is 15.5 Å². The Morgan fingerprint density at radius 3 is 2.94 bits per heavy atom. The highest BCUT2D eigenvalue weighted by Gasteiger charge is 2.24. The lowest BCUT2D eigenvalue weighted by atomic mass is 10.2. The van der Waals surface area contributed by atoms with Gasteiger partial charge in [0, 0.05) is 19.5 Å². The van der Waals surface area contributed by atoms with Crippen LogP contribution in [0.15, 0.2) is 0 Å². The Bertz CT molecular complexity index is 388. The van der Waals surface area contributed by atoms with Gasteiger partial charge in [-0.1, -0.05) is 0 Å². The number of carboxylic acid groups (broad SMARTS) is 1. The Hall–Kier alpha value is -2.23. The lowest BCUT2D eigenvalue weighted by molar-refractivity contribution is -0.139. The first kappa shape index (κ1) is 13.8. The largest absolute Gasteiger partial charge is 0.480 e. The van der Waals surface area contributed by atoms with Crippen molar-refractivity contribution in [2.45, 2.75) is 18.9 Å². The number of urea groups is 1. The van der Waals surface area contributed by atoms with Gasteiger partial charge in [-0.15, -0.1) is 12.3 Å². The van der Waals surface area contributed by atoms with Gasteiger partial charge in [0.2, 0.25) is 5.91 Å². The van der Waals surface area contributed by atoms with E-state index >= 15 is 0 Å². The van der Waals surface area contributed by atoms with Gasteiger partial charge in [-0.3, -0.25) is 4.79 Å². The highest BCUT2D eigenvalue weighted by Crippen LogP contribution is 1.99. The Kier molecular flexibility index (Phi) is 4.99. The molecule has 1 fully saturated rings. The predicted octanol–water partition coefficient (Wildman–Crippen LogP) is -1.01. The summed E-state index contributed by atoms with van der Waals surface area (Å²) in [4.78, 5) is 35.2. The fraction of sp³-hybridized carbons (Fsp3) is 0.545. The number of nitrogens with zero attached hydrogens (tertiary/aromatic N) is 1. The Labute approximate surface area is 105 Å². The fourth-order valence-corrected chi connectivity index (χ4v) is 1.54. The summed E-state index contributed by atoms with van der Waals surface area (Å²) in [6, 6.07) is -1.72. The van der Waals surface area contributed by atoms with Gasteiger partial charge in [0.15, 0.2) is 0 Å². The van der Waals surface area contributed by atoms with Gasteiger partial charge < -0.3 is 20.6 Å². The molecule has 1 aliphatic heterocycles. The molecule has 0 bridgehead atoms. The summed E-state index contributed by atoms with van der Waals surface area (Å²) in [7, 11) is 0. The number of hydrogen-bond donors (Lipinski definition) is 3. The summed E-state index contributed by atoms with van der Waals surface area (Å²) >= 11 is 0. The van der Waals surface area contributed by atoms with Crippen LogP contribution in [0.2, 0.25) is 0 Å². The first-order chi connectivity index (χ1) is 8.54. The third kappa shape index (κ3) is 3.97. The number of carbonyl (C=O) groups is 3. The molecule has 1 rings (SSSR count). The van der Waals surface area contributed by atoms with Crippen LogP contribution in [0.3, 0.4) is 0 Å². The summed E-state index contributed by atoms with van der Waals surface area (Å²) in [5.74, 6) is 0.733. The van der Waals surface area contributed by atoms with Gasteiger partial charge in [-0.2, -0.15) is 0 Å². The van der Waals surface area contributed by atoms with Crippen molar-refractivity contribution in [3.8, 4) is 12.3 Å². The van der Waals surface area contributed by atoms with E-state index in [1.165, 1.54) is 4.90 Å². The van der Waals surface area contributed by atoms with Crippen LogP contribution in [0.25, 0.3) is 0 Å². The van der Waals surface area contributed by atoms with Gasteiger partial charge >= 0.3 is 12.0 Å². The molecule has 1 saturated heterocycles. The zero-order valence-electron chi connectivity index (χ0n) is 9.81. The lowest BCUT2D eigenvalue weighted by Gasteiger charge is -2.21. The van der Waals surface area contributed by atoms with E-state index in [2.05, 4.69) is 16.6 Å². The molecule has 0 aromatic carbocycles. The average Bonchev–Trinajstić information content (AvgIpc) is 2.53. The first-order valence-corrected chi connectivity index (χ1v) is 5.53. The number of aliphatic carboxylic acids is 1. The molecule has 1 unspecified atom stereocenters. The minimum Gasteiger partial charge on any atom is -0.480 e. The minimum atomic E-state index is -1.19. The maximum absolute atomic E-state index is 11.8. The van der Waals surface area contributed by atoms with Crippen LogP contribution in [0.1, 0.15) is 12.8 Å². The van der Waals surface area contributed by atoms with Gasteiger partial charge in [0.1, 0.15) is 12.6 Å². The Balaban J connectivity index is 2.59. The van der Waals surface area contributed by atoms with Gasteiger partial charge in [-0.25, -0.2) is 9.59 Å². The third-order valence-corrected chi connectivity index (χ3v) is 2.47. The van der Waals surface area contributed by atoms with E-state index in [1.807, 2.05) is 0 Å². The van der Waals surface area contributed by atoms with Crippen LogP contribution in [0.4, 0.5) is 4.79 Å². The van der Waals surface area contributed by atoms with E-state index in [0.717, 1.165) is 0 Å². The van der Waals surface area contributed by atoms with Crippen molar-refractivity contribution in [3.05, 3.63) is 0 Å². The standard InChI is InChI=1S/C11H15N3O4/c1-2-4-8(10(16)17)13-11(18)14-6-3-5-12-9(15)7-14/h1,8H,3-7H2,(H,12,15)(H,13,18)(H,16,17). The van der Waals surface area contributed by atoms with Crippen molar-refractivity contribution in [2.75, 3.05) is 19.6 Å². The molecule has 7 heteroatoms. The summed E-state index contributed by atoms with van der Waals surface area (Å²) in [6.07, 6.45) is 5.56. The van der Waals surface area contributed by atoms with E-state index in [9.17, 15) is 14.4 Å². The van der Waals surface area contributed by atoms with Gasteiger partial charge in [0.05, 0.1) is 0 Å². The quantitative estimate of drug-likeness (QED) is 0.561. The number of amides is 3. The average molecular weight is 253 g/mol. The third-order valence-electron chi connectivity index (χ3n) is 2.47. The van der Waals surface area contributed by atoms with Gasteiger partial charge in [-0.05, 0) is 6.42 Å². The van der Waals surface area contributed by atoms with E-state index < -0.39 is 18.0 Å². The smallest absolute Gasteiger partial charge is 0.327 e. The van der Waals surface area contributed by atoms with E-state index in [0.29, 0.717) is 19.5 Å². The van der Waals surface area contributed by atoms with Crippen molar-refractivity contribution < 1.29 is 19.5 Å². The Morgan fingerprint density at radius 2 is 2.33 bits per heavy atom. The minimum absolute atomic E-state index is 0.0752. The van der Waals surface area contributed by atoms with Crippen LogP contribution in [0, 0.1) is 12.3 Å². The second-order valence-corrected chi connectivity index (χ2v) is 3.87. The summed E-state index contributed by atoms with van der Waals surface area (Å²) in [5, 5.41) is 13.8. The normalized spacial score (nSPS) is 17.1. The van der Waals surface area contributed by atoms with Crippen molar-refractivity contribution in [2.24, 2.45) is 0 Å². The fourth-order valence-electron chi connectivity index (χ4n) is 1.54. The SMILES string of the molecule is C#CCC(NC(=O)N1CCCNC(=O)C1)C(=O)O. The summed E-state index contributed by atoms with van der Waals surface area (Å²) < 4.78 is 0. The van der Waals surface area contributed by atoms with Crippen molar-refractivity contribution in [1.29, 1.82) is 0 Å². The number of carboxylic acids is 1. The maximum Gasteiger partial charge on any atom is 0.327 e. The van der Waals surface area contributed by atoms with E-state index in [-0.39, 0.29) is 18.9 Å². The summed E-state index contributed by atoms with van der Waals surface area (Å²) in [5.41, 5.74) is 0. The first-order valence-electron chi connectivity index (χ1n) is 5.53. The molecule has 7 nitrogen and oxygen atoms in total. The van der Waals surface area contributed by atoms with Crippen LogP contribution in [0.5, 0.6) is 0 Å². The van der Waals surface area contributed by atoms with Crippen molar-refractivity contribution in [3.63, 3.8) is 0 Å². The van der Waals surface area contributed by atoms with Crippen LogP contribution in [-0.4, -0.2) is 53.6 Å². The van der Waals surface area contributed by atoms with Gasteiger partial charge in [0.25, 0.3) is 0 Å². The highest BCUT2D eigenvalue weighted by atomic mass is 16.4. The second kappa shape index (κ2) is 6.49. The molecule has 0 aromatic rings. The Morgan fingerprint density at radius 1 is 1.61 bits per heavy atom. The molecular formula is C11H15N3O4. The molecule has 0 spiro atoms. The summed E-state index contributed by atoms with van der Waals surface area (Å²) in [6.45, 7) is 0.830. The van der Waals surface area contributed by atoms with Crippen LogP contribution in [-0.2, 0) is 9.59 Å². The molecule has 1 aliphatic rings. The second-order valence-electron chi connectivity index (χ2n) is 3.87. The zero-order valence-corrected chi connectivity index (χ0v) is 9.81. The number of rotatable bonds is 3. The monoisotopic (exact) mass is 253 g/mol. The zero-order chi connectivity index (χ0) is 13.5.